The van der Waals surface area contributed by atoms with Crippen LogP contribution in [0.15, 0.2) is 18.2 Å². The average Bonchev–Trinajstić information content (AvgIpc) is 2.91. The maximum Gasteiger partial charge on any atom is 0.250 e. The number of benzene rings is 1. The number of amides is 2. The second-order valence-corrected chi connectivity index (χ2v) is 5.93. The lowest BCUT2D eigenvalue weighted by molar-refractivity contribution is -0.143. The van der Waals surface area contributed by atoms with Gasteiger partial charge in [-0.3, -0.25) is 14.5 Å². The van der Waals surface area contributed by atoms with Gasteiger partial charge < -0.3 is 4.90 Å². The van der Waals surface area contributed by atoms with Gasteiger partial charge >= 0.3 is 0 Å². The van der Waals surface area contributed by atoms with E-state index in [-0.39, 0.29) is 17.9 Å². The Morgan fingerprint density at radius 3 is 2.70 bits per heavy atom. The minimum absolute atomic E-state index is 0.0249. The Balaban J connectivity index is 2.06. The predicted molar refractivity (Wildman–Crippen MR) is 78.1 cm³/mol. The summed E-state index contributed by atoms with van der Waals surface area (Å²) in [4.78, 5) is 28.2. The fourth-order valence-corrected chi connectivity index (χ4v) is 3.38. The molecule has 0 N–H and O–H groups in total. The van der Waals surface area contributed by atoms with Crippen molar-refractivity contribution < 1.29 is 9.59 Å². The Hall–Kier alpha value is -1.26. The Morgan fingerprint density at radius 2 is 1.95 bits per heavy atom. The number of piperazine rings is 1. The van der Waals surface area contributed by atoms with Crippen molar-refractivity contribution in [1.29, 1.82) is 0 Å². The number of fused-ring (bicyclic) bond motifs is 1. The summed E-state index contributed by atoms with van der Waals surface area (Å²) in [5.74, 6) is -0.0955. The number of hydrogen-bond donors (Lipinski definition) is 0. The first-order valence-electron chi connectivity index (χ1n) is 6.60. The molecule has 2 amide bonds. The van der Waals surface area contributed by atoms with Gasteiger partial charge in [-0.15, -0.1) is 0 Å². The van der Waals surface area contributed by atoms with Crippen LogP contribution < -0.4 is 4.90 Å². The molecular weight excluding hydrogens is 299 g/mol. The van der Waals surface area contributed by atoms with Gasteiger partial charge in [0.05, 0.1) is 15.7 Å². The van der Waals surface area contributed by atoms with Crippen LogP contribution in [0.5, 0.6) is 0 Å². The van der Waals surface area contributed by atoms with Crippen molar-refractivity contribution in [1.82, 2.24) is 4.90 Å². The molecule has 2 atom stereocenters. The summed E-state index contributed by atoms with van der Waals surface area (Å²) >= 11 is 12.2. The number of carbonyl (C=O) groups excluding carboxylic acids is 2. The molecule has 1 aromatic rings. The highest BCUT2D eigenvalue weighted by atomic mass is 35.5. The number of nitrogens with zero attached hydrogens (tertiary/aromatic N) is 2. The lowest BCUT2D eigenvalue weighted by atomic mass is 10.1. The molecule has 0 bridgehead atoms. The van der Waals surface area contributed by atoms with Crippen LogP contribution in [0.25, 0.3) is 0 Å². The van der Waals surface area contributed by atoms with Crippen LogP contribution in [0.2, 0.25) is 10.0 Å². The van der Waals surface area contributed by atoms with Crippen molar-refractivity contribution in [3.05, 3.63) is 28.2 Å². The molecule has 0 aromatic heterocycles. The second kappa shape index (κ2) is 4.93. The summed E-state index contributed by atoms with van der Waals surface area (Å²) in [7, 11) is 0. The van der Waals surface area contributed by atoms with Gasteiger partial charge in [-0.2, -0.15) is 0 Å². The molecule has 0 saturated carbocycles. The van der Waals surface area contributed by atoms with Gasteiger partial charge in [0.15, 0.2) is 0 Å². The number of rotatable bonds is 1. The van der Waals surface area contributed by atoms with Crippen molar-refractivity contribution in [2.45, 2.75) is 31.8 Å². The van der Waals surface area contributed by atoms with Crippen LogP contribution in [0, 0.1) is 0 Å². The highest BCUT2D eigenvalue weighted by Crippen LogP contribution is 2.37. The Bertz CT molecular complexity index is 591. The number of halogens is 2. The van der Waals surface area contributed by atoms with Crippen molar-refractivity contribution in [3.8, 4) is 0 Å². The van der Waals surface area contributed by atoms with Crippen molar-refractivity contribution in [3.63, 3.8) is 0 Å². The zero-order chi connectivity index (χ0) is 14.4. The molecule has 1 aromatic carbocycles. The molecule has 2 aliphatic rings. The van der Waals surface area contributed by atoms with E-state index in [0.29, 0.717) is 28.7 Å². The lowest BCUT2D eigenvalue weighted by Gasteiger charge is -2.41. The molecule has 0 spiro atoms. The Morgan fingerprint density at radius 1 is 1.20 bits per heavy atom. The Labute approximate surface area is 127 Å². The molecule has 2 saturated heterocycles. The third-order valence-corrected chi connectivity index (χ3v) is 4.80. The molecular formula is C14H14Cl2N2O2. The largest absolute Gasteiger partial charge is 0.329 e. The van der Waals surface area contributed by atoms with E-state index in [1.54, 1.807) is 30.0 Å². The van der Waals surface area contributed by atoms with E-state index in [0.717, 1.165) is 6.42 Å². The monoisotopic (exact) mass is 312 g/mol. The molecule has 2 fully saturated rings. The third-order valence-electron chi connectivity index (χ3n) is 3.99. The molecule has 0 radical (unpaired) electrons. The summed E-state index contributed by atoms with van der Waals surface area (Å²) in [5, 5.41) is 0.694. The summed E-state index contributed by atoms with van der Waals surface area (Å²) in [6.45, 7) is 2.39. The van der Waals surface area contributed by atoms with Gasteiger partial charge in [0.1, 0.15) is 12.1 Å². The zero-order valence-corrected chi connectivity index (χ0v) is 12.5. The van der Waals surface area contributed by atoms with E-state index < -0.39 is 6.04 Å². The highest BCUT2D eigenvalue weighted by molar-refractivity contribution is 6.44. The predicted octanol–water partition coefficient (Wildman–Crippen LogP) is 2.72. The van der Waals surface area contributed by atoms with E-state index in [1.165, 1.54) is 4.90 Å². The van der Waals surface area contributed by atoms with E-state index in [1.807, 2.05) is 0 Å². The normalized spacial score (nSPS) is 26.1. The quantitative estimate of drug-likeness (QED) is 0.800. The number of hydrogen-bond acceptors (Lipinski definition) is 2. The minimum Gasteiger partial charge on any atom is -0.329 e. The third kappa shape index (κ3) is 1.90. The first-order valence-corrected chi connectivity index (χ1v) is 7.35. The maximum atomic E-state index is 12.7. The summed E-state index contributed by atoms with van der Waals surface area (Å²) in [6, 6.07) is 4.22. The standard InChI is InChI=1S/C14H14Cl2N2O2/c1-8-13(19)17-7-3-6-11(17)14(20)18(8)10-5-2-4-9(15)12(10)16/h2,4-5,8,11H,3,6-7H2,1H3. The molecule has 2 heterocycles. The highest BCUT2D eigenvalue weighted by Gasteiger charge is 2.46. The van der Waals surface area contributed by atoms with Crippen LogP contribution in [-0.2, 0) is 9.59 Å². The topological polar surface area (TPSA) is 40.6 Å². The minimum atomic E-state index is -0.548. The Kier molecular flexibility index (Phi) is 3.38. The van der Waals surface area contributed by atoms with Crippen LogP contribution >= 0.6 is 23.2 Å². The fourth-order valence-electron chi connectivity index (χ4n) is 2.99. The molecule has 20 heavy (non-hydrogen) atoms. The van der Waals surface area contributed by atoms with Crippen molar-refractivity contribution in [2.24, 2.45) is 0 Å². The SMILES string of the molecule is CC1C(=O)N2CCCC2C(=O)N1c1cccc(Cl)c1Cl. The molecule has 6 heteroatoms. The van der Waals surface area contributed by atoms with Crippen molar-refractivity contribution in [2.75, 3.05) is 11.4 Å². The van der Waals surface area contributed by atoms with Gasteiger partial charge in [0.2, 0.25) is 5.91 Å². The van der Waals surface area contributed by atoms with E-state index in [9.17, 15) is 9.59 Å². The average molecular weight is 313 g/mol. The first-order chi connectivity index (χ1) is 9.52. The van der Waals surface area contributed by atoms with E-state index in [4.69, 9.17) is 23.2 Å². The van der Waals surface area contributed by atoms with Crippen LogP contribution in [0.4, 0.5) is 5.69 Å². The first kappa shape index (κ1) is 13.7. The summed E-state index contributed by atoms with van der Waals surface area (Å²) in [6.07, 6.45) is 1.58. The van der Waals surface area contributed by atoms with Crippen molar-refractivity contribution >= 4 is 40.7 Å². The molecule has 0 aliphatic carbocycles. The number of carbonyl (C=O) groups is 2. The smallest absolute Gasteiger partial charge is 0.250 e. The molecule has 106 valence electrons. The zero-order valence-electron chi connectivity index (χ0n) is 11.0. The van der Waals surface area contributed by atoms with Crippen LogP contribution in [0.3, 0.4) is 0 Å². The van der Waals surface area contributed by atoms with Gasteiger partial charge in [-0.25, -0.2) is 0 Å². The van der Waals surface area contributed by atoms with Crippen LogP contribution in [0.1, 0.15) is 19.8 Å². The number of anilines is 1. The fraction of sp³-hybridized carbons (Fsp3) is 0.429. The lowest BCUT2D eigenvalue weighted by Crippen LogP contribution is -2.62. The van der Waals surface area contributed by atoms with E-state index in [2.05, 4.69) is 0 Å². The molecule has 2 aliphatic heterocycles. The second-order valence-electron chi connectivity index (χ2n) is 5.15. The molecule has 2 unspecified atom stereocenters. The summed E-state index contributed by atoms with van der Waals surface area (Å²) in [5.41, 5.74) is 0.511. The van der Waals surface area contributed by atoms with Gasteiger partial charge in [-0.05, 0) is 31.9 Å². The molecule has 3 rings (SSSR count). The van der Waals surface area contributed by atoms with Gasteiger partial charge in [0, 0.05) is 6.54 Å². The maximum absolute atomic E-state index is 12.7. The summed E-state index contributed by atoms with van der Waals surface area (Å²) < 4.78 is 0. The van der Waals surface area contributed by atoms with Crippen LogP contribution in [-0.4, -0.2) is 35.3 Å². The van der Waals surface area contributed by atoms with E-state index >= 15 is 0 Å². The molecule has 4 nitrogen and oxygen atoms in total. The van der Waals surface area contributed by atoms with Gasteiger partial charge in [0.25, 0.3) is 5.91 Å². The van der Waals surface area contributed by atoms with Gasteiger partial charge in [-0.1, -0.05) is 29.3 Å².